The Morgan fingerprint density at radius 1 is 1.27 bits per heavy atom. The first-order valence-corrected chi connectivity index (χ1v) is 4.66. The lowest BCUT2D eigenvalue weighted by Gasteiger charge is -1.97. The van der Waals surface area contributed by atoms with E-state index >= 15 is 0 Å². The number of hydrogen-bond acceptors (Lipinski definition) is 1. The summed E-state index contributed by atoms with van der Waals surface area (Å²) >= 11 is 12.2. The fourth-order valence-corrected chi connectivity index (χ4v) is 1.85. The third-order valence-corrected chi connectivity index (χ3v) is 2.98. The summed E-state index contributed by atoms with van der Waals surface area (Å²) in [5.41, 5.74) is 0.540. The zero-order chi connectivity index (χ0) is 8.43. The molecule has 0 spiro atoms. The van der Waals surface area contributed by atoms with Gasteiger partial charge in [-0.2, -0.15) is 5.26 Å². The van der Waals surface area contributed by atoms with Crippen LogP contribution in [0.4, 0.5) is 0 Å². The molecule has 0 atom stereocenters. The van der Waals surface area contributed by atoms with Gasteiger partial charge in [0.25, 0.3) is 0 Å². The second-order valence-electron chi connectivity index (χ2n) is 1.86. The summed E-state index contributed by atoms with van der Waals surface area (Å²) in [4.78, 5) is 0. The normalized spacial score (nSPS) is 9.27. The minimum Gasteiger partial charge on any atom is -0.192 e. The second kappa shape index (κ2) is 3.57. The summed E-state index contributed by atoms with van der Waals surface area (Å²) in [6, 6.07) is 5.37. The van der Waals surface area contributed by atoms with E-state index in [9.17, 15) is 0 Å². The Hall–Kier alpha value is -0.0400. The Morgan fingerprint density at radius 2 is 1.91 bits per heavy atom. The Balaban J connectivity index is 3.35. The lowest BCUT2D eigenvalue weighted by Crippen LogP contribution is -1.78. The van der Waals surface area contributed by atoms with Crippen molar-refractivity contribution in [3.05, 3.63) is 31.7 Å². The van der Waals surface area contributed by atoms with E-state index in [1.165, 1.54) is 0 Å². The first-order chi connectivity index (χ1) is 5.15. The molecule has 0 aliphatic rings. The summed E-state index contributed by atoms with van der Waals surface area (Å²) in [6.45, 7) is 0. The molecule has 1 aromatic carbocycles. The van der Waals surface area contributed by atoms with Crippen LogP contribution >= 0.6 is 43.5 Å². The predicted molar refractivity (Wildman–Crippen MR) is 51.6 cm³/mol. The quantitative estimate of drug-likeness (QED) is 0.669. The molecular formula is C7H2Br2ClN. The Morgan fingerprint density at radius 3 is 2.45 bits per heavy atom. The van der Waals surface area contributed by atoms with Gasteiger partial charge in [-0.1, -0.05) is 11.6 Å². The number of rotatable bonds is 0. The molecular weight excluding hydrogens is 293 g/mol. The van der Waals surface area contributed by atoms with Crippen LogP contribution in [-0.4, -0.2) is 0 Å². The number of nitrogens with zero attached hydrogens (tertiary/aromatic N) is 1. The minimum atomic E-state index is 0.540. The van der Waals surface area contributed by atoms with Crippen molar-refractivity contribution in [2.24, 2.45) is 0 Å². The summed E-state index contributed by atoms with van der Waals surface area (Å²) in [6.07, 6.45) is 0. The number of hydrogen-bond donors (Lipinski definition) is 0. The van der Waals surface area contributed by atoms with Crippen molar-refractivity contribution in [2.45, 2.75) is 0 Å². The molecule has 0 N–H and O–H groups in total. The zero-order valence-corrected chi connectivity index (χ0v) is 9.16. The largest absolute Gasteiger partial charge is 0.192 e. The van der Waals surface area contributed by atoms with Crippen LogP contribution in [0, 0.1) is 11.3 Å². The maximum absolute atomic E-state index is 8.58. The maximum atomic E-state index is 8.58. The Bertz CT molecular complexity index is 330. The van der Waals surface area contributed by atoms with Crippen LogP contribution < -0.4 is 0 Å². The smallest absolute Gasteiger partial charge is 0.100 e. The number of halogens is 3. The Labute approximate surface area is 86.2 Å². The van der Waals surface area contributed by atoms with Crippen LogP contribution in [0.5, 0.6) is 0 Å². The molecule has 0 radical (unpaired) electrons. The SMILES string of the molecule is N#Cc1cc(Cl)c(Br)cc1Br. The van der Waals surface area contributed by atoms with Gasteiger partial charge in [0.2, 0.25) is 0 Å². The molecule has 0 amide bonds. The molecule has 0 bridgehead atoms. The molecule has 0 saturated carbocycles. The lowest BCUT2D eigenvalue weighted by atomic mass is 10.2. The highest BCUT2D eigenvalue weighted by Crippen LogP contribution is 2.28. The molecule has 4 heteroatoms. The van der Waals surface area contributed by atoms with Crippen molar-refractivity contribution in [2.75, 3.05) is 0 Å². The van der Waals surface area contributed by atoms with Crippen molar-refractivity contribution in [3.8, 4) is 6.07 Å². The molecule has 0 aliphatic heterocycles. The topological polar surface area (TPSA) is 23.8 Å². The standard InChI is InChI=1S/C7H2Br2ClN/c8-5-2-6(9)7(10)1-4(5)3-11/h1-2H. The molecule has 1 aromatic rings. The predicted octanol–water partition coefficient (Wildman–Crippen LogP) is 3.74. The molecule has 0 fully saturated rings. The van der Waals surface area contributed by atoms with Gasteiger partial charge in [-0.15, -0.1) is 0 Å². The average molecular weight is 295 g/mol. The third-order valence-electron chi connectivity index (χ3n) is 1.13. The lowest BCUT2D eigenvalue weighted by molar-refractivity contribution is 1.46. The van der Waals surface area contributed by atoms with Gasteiger partial charge in [-0.05, 0) is 44.0 Å². The number of benzene rings is 1. The Kier molecular flexibility index (Phi) is 2.94. The van der Waals surface area contributed by atoms with Gasteiger partial charge in [-0.3, -0.25) is 0 Å². The molecule has 0 saturated heterocycles. The van der Waals surface area contributed by atoms with Crippen LogP contribution in [0.15, 0.2) is 21.1 Å². The number of nitriles is 1. The molecule has 11 heavy (non-hydrogen) atoms. The highest BCUT2D eigenvalue weighted by Gasteiger charge is 2.03. The fraction of sp³-hybridized carbons (Fsp3) is 0. The second-order valence-corrected chi connectivity index (χ2v) is 3.97. The van der Waals surface area contributed by atoms with Crippen molar-refractivity contribution in [1.29, 1.82) is 5.26 Å². The maximum Gasteiger partial charge on any atom is 0.100 e. The van der Waals surface area contributed by atoms with Crippen LogP contribution in [0.3, 0.4) is 0 Å². The molecule has 0 aliphatic carbocycles. The molecule has 0 heterocycles. The minimum absolute atomic E-state index is 0.540. The summed E-state index contributed by atoms with van der Waals surface area (Å²) in [5, 5.41) is 9.13. The van der Waals surface area contributed by atoms with Gasteiger partial charge in [0.1, 0.15) is 6.07 Å². The van der Waals surface area contributed by atoms with E-state index in [0.717, 1.165) is 8.95 Å². The molecule has 1 rings (SSSR count). The highest BCUT2D eigenvalue weighted by molar-refractivity contribution is 9.11. The van der Waals surface area contributed by atoms with Crippen molar-refractivity contribution in [1.82, 2.24) is 0 Å². The van der Waals surface area contributed by atoms with E-state index in [2.05, 4.69) is 31.9 Å². The molecule has 1 nitrogen and oxygen atoms in total. The van der Waals surface area contributed by atoms with E-state index in [0.29, 0.717) is 10.6 Å². The van der Waals surface area contributed by atoms with E-state index in [1.54, 1.807) is 12.1 Å². The average Bonchev–Trinajstić information content (AvgIpc) is 1.97. The highest BCUT2D eigenvalue weighted by atomic mass is 79.9. The molecule has 0 unspecified atom stereocenters. The van der Waals surface area contributed by atoms with Crippen LogP contribution in [0.25, 0.3) is 0 Å². The van der Waals surface area contributed by atoms with Gasteiger partial charge in [-0.25, -0.2) is 0 Å². The van der Waals surface area contributed by atoms with Crippen LogP contribution in [0.2, 0.25) is 5.02 Å². The molecule has 0 aromatic heterocycles. The summed E-state index contributed by atoms with van der Waals surface area (Å²) < 4.78 is 1.53. The van der Waals surface area contributed by atoms with E-state index in [1.807, 2.05) is 6.07 Å². The van der Waals surface area contributed by atoms with Crippen molar-refractivity contribution in [3.63, 3.8) is 0 Å². The van der Waals surface area contributed by atoms with Crippen LogP contribution in [-0.2, 0) is 0 Å². The van der Waals surface area contributed by atoms with Gasteiger partial charge < -0.3 is 0 Å². The fourth-order valence-electron chi connectivity index (χ4n) is 0.608. The first-order valence-electron chi connectivity index (χ1n) is 2.70. The summed E-state index contributed by atoms with van der Waals surface area (Å²) in [5.74, 6) is 0. The van der Waals surface area contributed by atoms with E-state index < -0.39 is 0 Å². The van der Waals surface area contributed by atoms with Gasteiger partial charge in [0, 0.05) is 8.95 Å². The summed E-state index contributed by atoms with van der Waals surface area (Å²) in [7, 11) is 0. The molecule has 56 valence electrons. The van der Waals surface area contributed by atoms with E-state index in [4.69, 9.17) is 16.9 Å². The van der Waals surface area contributed by atoms with Gasteiger partial charge >= 0.3 is 0 Å². The van der Waals surface area contributed by atoms with E-state index in [-0.39, 0.29) is 0 Å². The first kappa shape index (κ1) is 9.05. The monoisotopic (exact) mass is 293 g/mol. The third kappa shape index (κ3) is 1.96. The van der Waals surface area contributed by atoms with Crippen molar-refractivity contribution >= 4 is 43.5 Å². The van der Waals surface area contributed by atoms with Gasteiger partial charge in [0.05, 0.1) is 10.6 Å². The van der Waals surface area contributed by atoms with Crippen LogP contribution in [0.1, 0.15) is 5.56 Å². The van der Waals surface area contributed by atoms with Gasteiger partial charge in [0.15, 0.2) is 0 Å². The van der Waals surface area contributed by atoms with Crippen molar-refractivity contribution < 1.29 is 0 Å². The zero-order valence-electron chi connectivity index (χ0n) is 5.24.